The van der Waals surface area contributed by atoms with Crippen LogP contribution < -0.4 is 5.73 Å². The van der Waals surface area contributed by atoms with Gasteiger partial charge in [-0.3, -0.25) is 0 Å². The molecule has 0 fully saturated rings. The molecule has 2 aromatic carbocycles. The van der Waals surface area contributed by atoms with E-state index >= 15 is 0 Å². The van der Waals surface area contributed by atoms with Gasteiger partial charge in [-0.1, -0.05) is 36.4 Å². The SMILES string of the molecule is NCc1cccc(-c2ccccc2S)c1. The first-order valence-electron chi connectivity index (χ1n) is 4.88. The zero-order valence-electron chi connectivity index (χ0n) is 8.35. The number of rotatable bonds is 2. The van der Waals surface area contributed by atoms with Crippen molar-refractivity contribution in [1.82, 2.24) is 0 Å². The highest BCUT2D eigenvalue weighted by atomic mass is 32.1. The number of nitrogens with two attached hydrogens (primary N) is 1. The maximum atomic E-state index is 5.62. The fraction of sp³-hybridized carbons (Fsp3) is 0.0769. The van der Waals surface area contributed by atoms with Crippen LogP contribution in [0.3, 0.4) is 0 Å². The molecule has 0 saturated heterocycles. The molecule has 2 aromatic rings. The Labute approximate surface area is 95.3 Å². The molecule has 76 valence electrons. The molecular formula is C13H13NS. The van der Waals surface area contributed by atoms with Gasteiger partial charge in [-0.25, -0.2) is 0 Å². The molecule has 0 saturated carbocycles. The smallest absolute Gasteiger partial charge is 0.0178 e. The third-order valence-electron chi connectivity index (χ3n) is 2.38. The van der Waals surface area contributed by atoms with Gasteiger partial charge in [0.15, 0.2) is 0 Å². The van der Waals surface area contributed by atoms with E-state index in [1.54, 1.807) is 0 Å². The van der Waals surface area contributed by atoms with Gasteiger partial charge >= 0.3 is 0 Å². The largest absolute Gasteiger partial charge is 0.326 e. The van der Waals surface area contributed by atoms with Crippen LogP contribution in [0.4, 0.5) is 0 Å². The van der Waals surface area contributed by atoms with Crippen molar-refractivity contribution in [2.75, 3.05) is 0 Å². The van der Waals surface area contributed by atoms with E-state index in [1.807, 2.05) is 30.3 Å². The molecule has 0 amide bonds. The lowest BCUT2D eigenvalue weighted by Crippen LogP contribution is -1.95. The summed E-state index contributed by atoms with van der Waals surface area (Å²) in [6, 6.07) is 16.3. The second-order valence-electron chi connectivity index (χ2n) is 3.42. The molecule has 0 heterocycles. The summed E-state index contributed by atoms with van der Waals surface area (Å²) in [5.74, 6) is 0. The summed E-state index contributed by atoms with van der Waals surface area (Å²) in [7, 11) is 0. The Bertz CT molecular complexity index is 466. The Kier molecular flexibility index (Phi) is 3.09. The monoisotopic (exact) mass is 215 g/mol. The van der Waals surface area contributed by atoms with Gasteiger partial charge in [-0.2, -0.15) is 0 Å². The predicted molar refractivity (Wildman–Crippen MR) is 67.0 cm³/mol. The number of benzene rings is 2. The first-order valence-corrected chi connectivity index (χ1v) is 5.33. The standard InChI is InChI=1S/C13H13NS/c14-9-10-4-3-5-11(8-10)12-6-1-2-7-13(12)15/h1-8,15H,9,14H2. The lowest BCUT2D eigenvalue weighted by molar-refractivity contribution is 1.07. The third kappa shape index (κ3) is 2.22. The number of thiol groups is 1. The van der Waals surface area contributed by atoms with Crippen molar-refractivity contribution in [1.29, 1.82) is 0 Å². The van der Waals surface area contributed by atoms with Crippen molar-refractivity contribution in [3.05, 3.63) is 54.1 Å². The first kappa shape index (κ1) is 10.3. The van der Waals surface area contributed by atoms with Crippen LogP contribution in [0.1, 0.15) is 5.56 Å². The molecule has 0 atom stereocenters. The van der Waals surface area contributed by atoms with Crippen LogP contribution in [0, 0.1) is 0 Å². The van der Waals surface area contributed by atoms with Gasteiger partial charge in [0, 0.05) is 11.4 Å². The molecule has 0 aliphatic rings. The summed E-state index contributed by atoms with van der Waals surface area (Å²) in [5, 5.41) is 0. The number of hydrogen-bond donors (Lipinski definition) is 2. The molecule has 0 aliphatic heterocycles. The molecular weight excluding hydrogens is 202 g/mol. The van der Waals surface area contributed by atoms with Crippen LogP contribution >= 0.6 is 12.6 Å². The van der Waals surface area contributed by atoms with Crippen LogP contribution in [0.5, 0.6) is 0 Å². The van der Waals surface area contributed by atoms with Crippen LogP contribution in [0.25, 0.3) is 11.1 Å². The molecule has 0 aromatic heterocycles. The van der Waals surface area contributed by atoms with Crippen LogP contribution in [-0.4, -0.2) is 0 Å². The van der Waals surface area contributed by atoms with Gasteiger partial charge in [0.25, 0.3) is 0 Å². The highest BCUT2D eigenvalue weighted by molar-refractivity contribution is 7.80. The fourth-order valence-corrected chi connectivity index (χ4v) is 1.87. The number of hydrogen-bond acceptors (Lipinski definition) is 2. The summed E-state index contributed by atoms with van der Waals surface area (Å²) in [6.07, 6.45) is 0. The Morgan fingerprint density at radius 1 is 1.00 bits per heavy atom. The molecule has 2 heteroatoms. The highest BCUT2D eigenvalue weighted by Gasteiger charge is 2.01. The Hall–Kier alpha value is -1.25. The minimum Gasteiger partial charge on any atom is -0.326 e. The molecule has 2 rings (SSSR count). The normalized spacial score (nSPS) is 10.3. The van der Waals surface area contributed by atoms with Crippen LogP contribution in [0.15, 0.2) is 53.4 Å². The Balaban J connectivity index is 2.49. The Morgan fingerprint density at radius 2 is 1.80 bits per heavy atom. The van der Waals surface area contributed by atoms with Crippen LogP contribution in [-0.2, 0) is 6.54 Å². The van der Waals surface area contributed by atoms with E-state index in [2.05, 4.69) is 30.8 Å². The maximum absolute atomic E-state index is 5.62. The average Bonchev–Trinajstić information content (AvgIpc) is 2.30. The highest BCUT2D eigenvalue weighted by Crippen LogP contribution is 2.26. The first-order chi connectivity index (χ1) is 7.31. The summed E-state index contributed by atoms with van der Waals surface area (Å²) in [5.41, 5.74) is 9.08. The maximum Gasteiger partial charge on any atom is 0.0178 e. The van der Waals surface area contributed by atoms with E-state index in [0.717, 1.165) is 16.0 Å². The van der Waals surface area contributed by atoms with Crippen molar-refractivity contribution < 1.29 is 0 Å². The molecule has 0 unspecified atom stereocenters. The van der Waals surface area contributed by atoms with Gasteiger partial charge in [-0.15, -0.1) is 12.6 Å². The lowest BCUT2D eigenvalue weighted by Gasteiger charge is -2.06. The zero-order chi connectivity index (χ0) is 10.7. The van der Waals surface area contributed by atoms with Crippen molar-refractivity contribution in [2.24, 2.45) is 5.73 Å². The van der Waals surface area contributed by atoms with Crippen molar-refractivity contribution >= 4 is 12.6 Å². The van der Waals surface area contributed by atoms with E-state index < -0.39 is 0 Å². The van der Waals surface area contributed by atoms with Crippen LogP contribution in [0.2, 0.25) is 0 Å². The summed E-state index contributed by atoms with van der Waals surface area (Å²) in [6.45, 7) is 0.572. The van der Waals surface area contributed by atoms with E-state index in [0.29, 0.717) is 6.54 Å². The zero-order valence-corrected chi connectivity index (χ0v) is 9.24. The van der Waals surface area contributed by atoms with E-state index in [1.165, 1.54) is 5.56 Å². The quantitative estimate of drug-likeness (QED) is 0.740. The van der Waals surface area contributed by atoms with Crippen molar-refractivity contribution in [3.63, 3.8) is 0 Å². The summed E-state index contributed by atoms with van der Waals surface area (Å²) in [4.78, 5) is 0.992. The minimum atomic E-state index is 0.572. The molecule has 0 bridgehead atoms. The van der Waals surface area contributed by atoms with Gasteiger partial charge in [0.05, 0.1) is 0 Å². The summed E-state index contributed by atoms with van der Waals surface area (Å²) < 4.78 is 0. The molecule has 2 N–H and O–H groups in total. The molecule has 0 spiro atoms. The van der Waals surface area contributed by atoms with Crippen molar-refractivity contribution in [2.45, 2.75) is 11.4 Å². The van der Waals surface area contributed by atoms with E-state index in [9.17, 15) is 0 Å². The van der Waals surface area contributed by atoms with E-state index in [-0.39, 0.29) is 0 Å². The van der Waals surface area contributed by atoms with Gasteiger partial charge in [-0.05, 0) is 28.8 Å². The fourth-order valence-electron chi connectivity index (χ4n) is 1.58. The Morgan fingerprint density at radius 3 is 2.53 bits per heavy atom. The average molecular weight is 215 g/mol. The second-order valence-corrected chi connectivity index (χ2v) is 3.90. The second kappa shape index (κ2) is 4.51. The van der Waals surface area contributed by atoms with E-state index in [4.69, 9.17) is 5.73 Å². The van der Waals surface area contributed by atoms with Gasteiger partial charge in [0.2, 0.25) is 0 Å². The lowest BCUT2D eigenvalue weighted by atomic mass is 10.0. The van der Waals surface area contributed by atoms with Crippen molar-refractivity contribution in [3.8, 4) is 11.1 Å². The topological polar surface area (TPSA) is 26.0 Å². The van der Waals surface area contributed by atoms with Gasteiger partial charge in [0.1, 0.15) is 0 Å². The predicted octanol–water partition coefficient (Wildman–Crippen LogP) is 3.10. The molecule has 0 radical (unpaired) electrons. The molecule has 0 aliphatic carbocycles. The summed E-state index contributed by atoms with van der Waals surface area (Å²) >= 11 is 4.44. The molecule has 15 heavy (non-hydrogen) atoms. The minimum absolute atomic E-state index is 0.572. The third-order valence-corrected chi connectivity index (χ3v) is 2.77. The molecule has 1 nitrogen and oxygen atoms in total. The van der Waals surface area contributed by atoms with Gasteiger partial charge < -0.3 is 5.73 Å².